The first kappa shape index (κ1) is 10.7. The van der Waals surface area contributed by atoms with Gasteiger partial charge in [0.05, 0.1) is 0 Å². The molecular weight excluding hydrogens is 182 g/mol. The number of likely N-dealkylation sites (tertiary alicyclic amines) is 1. The van der Waals surface area contributed by atoms with Crippen LogP contribution in [0, 0.1) is 11.8 Å². The molecule has 1 heteroatoms. The summed E-state index contributed by atoms with van der Waals surface area (Å²) in [5.41, 5.74) is 1.44. The maximum atomic E-state index is 2.58. The van der Waals surface area contributed by atoms with Crippen LogP contribution in [0.15, 0.2) is 30.3 Å². The van der Waals surface area contributed by atoms with E-state index in [2.05, 4.69) is 49.1 Å². The minimum absolute atomic E-state index is 0.850. The normalized spacial score (nSPS) is 27.9. The zero-order valence-corrected chi connectivity index (χ0v) is 9.82. The van der Waals surface area contributed by atoms with Crippen LogP contribution in [0.1, 0.15) is 25.8 Å². The van der Waals surface area contributed by atoms with Gasteiger partial charge in [-0.25, -0.2) is 0 Å². The molecule has 2 rings (SSSR count). The van der Waals surface area contributed by atoms with Crippen molar-refractivity contribution in [1.29, 1.82) is 0 Å². The largest absolute Gasteiger partial charge is 0.299 e. The predicted octanol–water partition coefficient (Wildman–Crippen LogP) is 3.16. The number of hydrogen-bond donors (Lipinski definition) is 0. The third-order valence-corrected chi connectivity index (χ3v) is 3.67. The molecule has 1 unspecified atom stereocenters. The molecule has 1 aliphatic rings. The third kappa shape index (κ3) is 2.82. The molecule has 0 N–H and O–H groups in total. The van der Waals surface area contributed by atoms with Gasteiger partial charge in [-0.2, -0.15) is 0 Å². The summed E-state index contributed by atoms with van der Waals surface area (Å²) in [5.74, 6) is 1.75. The van der Waals surface area contributed by atoms with E-state index >= 15 is 0 Å². The zero-order chi connectivity index (χ0) is 10.7. The molecule has 1 heterocycles. The van der Waals surface area contributed by atoms with E-state index in [-0.39, 0.29) is 0 Å². The molecule has 0 spiro atoms. The fraction of sp³-hybridized carbons (Fsp3) is 0.571. The van der Waals surface area contributed by atoms with Crippen LogP contribution in [0.5, 0.6) is 0 Å². The number of nitrogens with zero attached hydrogens (tertiary/aromatic N) is 1. The van der Waals surface area contributed by atoms with Crippen molar-refractivity contribution in [3.8, 4) is 0 Å². The summed E-state index contributed by atoms with van der Waals surface area (Å²) in [5, 5.41) is 0. The second-order valence-corrected chi connectivity index (χ2v) is 4.96. The van der Waals surface area contributed by atoms with Gasteiger partial charge in [-0.3, -0.25) is 4.90 Å². The first-order valence-electron chi connectivity index (χ1n) is 6.02. The zero-order valence-electron chi connectivity index (χ0n) is 9.82. The van der Waals surface area contributed by atoms with Crippen LogP contribution in [0.4, 0.5) is 0 Å². The van der Waals surface area contributed by atoms with Crippen molar-refractivity contribution >= 4 is 0 Å². The van der Waals surface area contributed by atoms with Crippen molar-refractivity contribution in [2.45, 2.75) is 26.8 Å². The molecule has 1 aromatic carbocycles. The van der Waals surface area contributed by atoms with Gasteiger partial charge < -0.3 is 0 Å². The number of rotatable bonds is 2. The van der Waals surface area contributed by atoms with Crippen LogP contribution >= 0.6 is 0 Å². The van der Waals surface area contributed by atoms with Gasteiger partial charge in [0.1, 0.15) is 0 Å². The van der Waals surface area contributed by atoms with E-state index < -0.39 is 0 Å². The minimum atomic E-state index is 0.850. The van der Waals surface area contributed by atoms with Gasteiger partial charge in [0.2, 0.25) is 0 Å². The SMILES string of the molecule is CC1CCN(Cc2ccccc2)C[C@@H]1C. The van der Waals surface area contributed by atoms with E-state index in [4.69, 9.17) is 0 Å². The molecule has 1 aromatic rings. The van der Waals surface area contributed by atoms with E-state index in [0.717, 1.165) is 18.4 Å². The highest BCUT2D eigenvalue weighted by Crippen LogP contribution is 2.23. The summed E-state index contributed by atoms with van der Waals surface area (Å²) >= 11 is 0. The molecule has 2 atom stereocenters. The Morgan fingerprint density at radius 1 is 1.13 bits per heavy atom. The highest BCUT2D eigenvalue weighted by atomic mass is 15.1. The predicted molar refractivity (Wildman–Crippen MR) is 64.7 cm³/mol. The summed E-state index contributed by atoms with van der Waals surface area (Å²) in [6.45, 7) is 8.40. The molecule has 0 aliphatic carbocycles. The lowest BCUT2D eigenvalue weighted by Gasteiger charge is -2.35. The van der Waals surface area contributed by atoms with Gasteiger partial charge in [0, 0.05) is 13.1 Å². The van der Waals surface area contributed by atoms with Crippen molar-refractivity contribution in [2.24, 2.45) is 11.8 Å². The lowest BCUT2D eigenvalue weighted by molar-refractivity contribution is 0.132. The molecule has 15 heavy (non-hydrogen) atoms. The number of hydrogen-bond acceptors (Lipinski definition) is 1. The minimum Gasteiger partial charge on any atom is -0.299 e. The van der Waals surface area contributed by atoms with Crippen molar-refractivity contribution in [3.63, 3.8) is 0 Å². The Balaban J connectivity index is 1.91. The van der Waals surface area contributed by atoms with Crippen molar-refractivity contribution in [3.05, 3.63) is 35.9 Å². The average Bonchev–Trinajstić information content (AvgIpc) is 2.25. The topological polar surface area (TPSA) is 3.24 Å². The molecule has 1 aliphatic heterocycles. The number of benzene rings is 1. The Labute approximate surface area is 93.1 Å². The van der Waals surface area contributed by atoms with Crippen LogP contribution in [0.3, 0.4) is 0 Å². The monoisotopic (exact) mass is 203 g/mol. The van der Waals surface area contributed by atoms with Gasteiger partial charge in [0.25, 0.3) is 0 Å². The van der Waals surface area contributed by atoms with Crippen molar-refractivity contribution in [1.82, 2.24) is 4.90 Å². The first-order chi connectivity index (χ1) is 7.25. The molecule has 0 aromatic heterocycles. The summed E-state index contributed by atoms with van der Waals surface area (Å²) in [6, 6.07) is 10.8. The lowest BCUT2D eigenvalue weighted by Crippen LogP contribution is -2.37. The maximum absolute atomic E-state index is 2.58. The van der Waals surface area contributed by atoms with E-state index in [1.54, 1.807) is 0 Å². The highest BCUT2D eigenvalue weighted by Gasteiger charge is 2.22. The molecule has 1 saturated heterocycles. The van der Waals surface area contributed by atoms with Crippen LogP contribution in [0.2, 0.25) is 0 Å². The standard InChI is InChI=1S/C14H21N/c1-12-8-9-15(10-13(12)2)11-14-6-4-3-5-7-14/h3-7,12-13H,8-11H2,1-2H3/t12?,13-/m0/s1. The van der Waals surface area contributed by atoms with Gasteiger partial charge in [-0.1, -0.05) is 44.2 Å². The molecule has 1 fully saturated rings. The molecule has 82 valence electrons. The Morgan fingerprint density at radius 3 is 2.53 bits per heavy atom. The van der Waals surface area contributed by atoms with Crippen molar-refractivity contribution < 1.29 is 0 Å². The van der Waals surface area contributed by atoms with E-state index in [9.17, 15) is 0 Å². The van der Waals surface area contributed by atoms with Gasteiger partial charge in [-0.05, 0) is 30.4 Å². The van der Waals surface area contributed by atoms with Gasteiger partial charge in [0.15, 0.2) is 0 Å². The number of piperidine rings is 1. The van der Waals surface area contributed by atoms with E-state index in [1.807, 2.05) is 0 Å². The molecule has 0 radical (unpaired) electrons. The first-order valence-corrected chi connectivity index (χ1v) is 6.02. The average molecular weight is 203 g/mol. The van der Waals surface area contributed by atoms with Crippen LogP contribution < -0.4 is 0 Å². The van der Waals surface area contributed by atoms with Gasteiger partial charge >= 0.3 is 0 Å². The molecule has 0 saturated carbocycles. The van der Waals surface area contributed by atoms with Crippen LogP contribution in [0.25, 0.3) is 0 Å². The Hall–Kier alpha value is -0.820. The van der Waals surface area contributed by atoms with Crippen molar-refractivity contribution in [2.75, 3.05) is 13.1 Å². The van der Waals surface area contributed by atoms with Crippen LogP contribution in [-0.4, -0.2) is 18.0 Å². The maximum Gasteiger partial charge on any atom is 0.0233 e. The Bertz CT molecular complexity index is 293. The molecular formula is C14H21N. The summed E-state index contributed by atoms with van der Waals surface area (Å²) in [4.78, 5) is 2.58. The second kappa shape index (κ2) is 4.80. The lowest BCUT2D eigenvalue weighted by atomic mass is 9.88. The Morgan fingerprint density at radius 2 is 1.87 bits per heavy atom. The summed E-state index contributed by atoms with van der Waals surface area (Å²) < 4.78 is 0. The Kier molecular flexibility index (Phi) is 3.42. The van der Waals surface area contributed by atoms with Crippen LogP contribution in [-0.2, 0) is 6.54 Å². The fourth-order valence-electron chi connectivity index (χ4n) is 2.33. The highest BCUT2D eigenvalue weighted by molar-refractivity contribution is 5.14. The summed E-state index contributed by atoms with van der Waals surface area (Å²) in [7, 11) is 0. The smallest absolute Gasteiger partial charge is 0.0233 e. The molecule has 0 amide bonds. The van der Waals surface area contributed by atoms with E-state index in [0.29, 0.717) is 0 Å². The summed E-state index contributed by atoms with van der Waals surface area (Å²) in [6.07, 6.45) is 1.36. The molecule has 1 nitrogen and oxygen atoms in total. The van der Waals surface area contributed by atoms with E-state index in [1.165, 1.54) is 25.1 Å². The molecule has 0 bridgehead atoms. The second-order valence-electron chi connectivity index (χ2n) is 4.96. The van der Waals surface area contributed by atoms with Gasteiger partial charge in [-0.15, -0.1) is 0 Å². The fourth-order valence-corrected chi connectivity index (χ4v) is 2.33. The third-order valence-electron chi connectivity index (χ3n) is 3.67. The quantitative estimate of drug-likeness (QED) is 0.713.